The molecule has 3 rings (SSSR count). The molecule has 1 aromatic heterocycles. The highest BCUT2D eigenvalue weighted by molar-refractivity contribution is 6.39. The van der Waals surface area contributed by atoms with Gasteiger partial charge in [-0.25, -0.2) is 4.79 Å². The van der Waals surface area contributed by atoms with Crippen LogP contribution in [0.1, 0.15) is 25.1 Å². The second-order valence-electron chi connectivity index (χ2n) is 7.56. The van der Waals surface area contributed by atoms with E-state index in [4.69, 9.17) is 34.8 Å². The molecule has 0 bridgehead atoms. The molecule has 0 fully saturated rings. The maximum atomic E-state index is 13.1. The number of nitrogens with zero attached hydrogens (tertiary/aromatic N) is 2. The monoisotopic (exact) mass is 463 g/mol. The molecule has 0 saturated heterocycles. The van der Waals surface area contributed by atoms with Gasteiger partial charge in [-0.15, -0.1) is 0 Å². The van der Waals surface area contributed by atoms with Crippen molar-refractivity contribution in [2.24, 2.45) is 5.92 Å². The van der Waals surface area contributed by atoms with E-state index in [0.29, 0.717) is 46.3 Å². The molecule has 158 valence electrons. The fourth-order valence-electron chi connectivity index (χ4n) is 3.24. The standard InChI is InChI=1S/C23H24Cl3N3O/c1-16(2)13-29(23(30)27-22-20(25)9-4-10-21(22)26)15-19-8-5-11-28(19)14-17-6-3-7-18(24)12-17/h3-12,16H,13-15H2,1-2H3,(H,27,30). The summed E-state index contributed by atoms with van der Waals surface area (Å²) in [4.78, 5) is 14.8. The second-order valence-corrected chi connectivity index (χ2v) is 8.81. The zero-order valence-electron chi connectivity index (χ0n) is 16.9. The van der Waals surface area contributed by atoms with Gasteiger partial charge < -0.3 is 14.8 Å². The molecule has 1 N–H and O–H groups in total. The van der Waals surface area contributed by atoms with Gasteiger partial charge >= 0.3 is 6.03 Å². The summed E-state index contributed by atoms with van der Waals surface area (Å²) in [7, 11) is 0. The van der Waals surface area contributed by atoms with Gasteiger partial charge in [0.05, 0.1) is 22.3 Å². The number of benzene rings is 2. The highest BCUT2D eigenvalue weighted by Gasteiger charge is 2.19. The Bertz CT molecular complexity index is 996. The van der Waals surface area contributed by atoms with E-state index in [2.05, 4.69) is 23.7 Å². The van der Waals surface area contributed by atoms with Crippen molar-refractivity contribution in [2.45, 2.75) is 26.9 Å². The van der Waals surface area contributed by atoms with Crippen molar-refractivity contribution in [2.75, 3.05) is 11.9 Å². The van der Waals surface area contributed by atoms with E-state index in [-0.39, 0.29) is 6.03 Å². The Kier molecular flexibility index (Phi) is 7.70. The van der Waals surface area contributed by atoms with Crippen LogP contribution in [0.3, 0.4) is 0 Å². The number of halogens is 3. The van der Waals surface area contributed by atoms with E-state index in [1.807, 2.05) is 42.6 Å². The second kappa shape index (κ2) is 10.3. The zero-order valence-corrected chi connectivity index (χ0v) is 19.2. The number of rotatable bonds is 7. The summed E-state index contributed by atoms with van der Waals surface area (Å²) in [5, 5.41) is 4.39. The Balaban J connectivity index is 1.79. The Morgan fingerprint density at radius 1 is 1.03 bits per heavy atom. The number of hydrogen-bond donors (Lipinski definition) is 1. The van der Waals surface area contributed by atoms with Crippen LogP contribution in [0.5, 0.6) is 0 Å². The molecule has 0 unspecified atom stereocenters. The van der Waals surface area contributed by atoms with Crippen molar-refractivity contribution >= 4 is 46.5 Å². The fourth-order valence-corrected chi connectivity index (χ4v) is 3.94. The molecule has 3 aromatic rings. The van der Waals surface area contributed by atoms with E-state index in [0.717, 1.165) is 11.3 Å². The number of urea groups is 1. The van der Waals surface area contributed by atoms with E-state index in [9.17, 15) is 4.79 Å². The first-order valence-electron chi connectivity index (χ1n) is 9.72. The summed E-state index contributed by atoms with van der Waals surface area (Å²) in [6.45, 7) is 5.88. The maximum Gasteiger partial charge on any atom is 0.322 e. The van der Waals surface area contributed by atoms with Gasteiger partial charge in [0.1, 0.15) is 0 Å². The molecule has 0 atom stereocenters. The number of hydrogen-bond acceptors (Lipinski definition) is 1. The topological polar surface area (TPSA) is 37.3 Å². The Morgan fingerprint density at radius 2 is 1.73 bits per heavy atom. The van der Waals surface area contributed by atoms with Crippen LogP contribution in [0.25, 0.3) is 0 Å². The largest absolute Gasteiger partial charge is 0.345 e. The third-order valence-corrected chi connectivity index (χ3v) is 5.45. The lowest BCUT2D eigenvalue weighted by Crippen LogP contribution is -2.37. The lowest BCUT2D eigenvalue weighted by Gasteiger charge is -2.26. The van der Waals surface area contributed by atoms with Gasteiger partial charge in [-0.05, 0) is 47.9 Å². The van der Waals surface area contributed by atoms with Gasteiger partial charge in [-0.3, -0.25) is 0 Å². The SMILES string of the molecule is CC(C)CN(Cc1cccn1Cc1cccc(Cl)c1)C(=O)Nc1c(Cl)cccc1Cl. The average Bonchev–Trinajstić information content (AvgIpc) is 3.10. The molecule has 4 nitrogen and oxygen atoms in total. The van der Waals surface area contributed by atoms with Gasteiger partial charge in [0, 0.05) is 30.0 Å². The van der Waals surface area contributed by atoms with Crippen LogP contribution in [0.4, 0.5) is 10.5 Å². The van der Waals surface area contributed by atoms with Crippen LogP contribution < -0.4 is 5.32 Å². The Morgan fingerprint density at radius 3 is 2.40 bits per heavy atom. The van der Waals surface area contributed by atoms with Gasteiger partial charge in [-0.2, -0.15) is 0 Å². The molecular formula is C23H24Cl3N3O. The molecule has 0 saturated carbocycles. The number of anilines is 1. The summed E-state index contributed by atoms with van der Waals surface area (Å²) >= 11 is 18.6. The number of nitrogens with one attached hydrogen (secondary N) is 1. The Hall–Kier alpha value is -2.14. The van der Waals surface area contributed by atoms with Crippen molar-refractivity contribution in [1.29, 1.82) is 0 Å². The van der Waals surface area contributed by atoms with Crippen molar-refractivity contribution in [3.05, 3.63) is 87.1 Å². The minimum atomic E-state index is -0.241. The summed E-state index contributed by atoms with van der Waals surface area (Å²) in [5.74, 6) is 0.300. The van der Waals surface area contributed by atoms with Crippen LogP contribution in [-0.4, -0.2) is 22.0 Å². The fraction of sp³-hybridized carbons (Fsp3) is 0.261. The number of amides is 2. The van der Waals surface area contributed by atoms with Gasteiger partial charge in [0.15, 0.2) is 0 Å². The van der Waals surface area contributed by atoms with E-state index in [1.165, 1.54) is 0 Å². The molecular weight excluding hydrogens is 441 g/mol. The molecule has 7 heteroatoms. The van der Waals surface area contributed by atoms with Crippen LogP contribution in [0, 0.1) is 5.92 Å². The van der Waals surface area contributed by atoms with Crippen LogP contribution >= 0.6 is 34.8 Å². The van der Waals surface area contributed by atoms with Crippen LogP contribution in [0.2, 0.25) is 15.1 Å². The number of para-hydroxylation sites is 1. The maximum absolute atomic E-state index is 13.1. The summed E-state index contributed by atoms with van der Waals surface area (Å²) < 4.78 is 2.12. The number of carbonyl (C=O) groups excluding carboxylic acids is 1. The quantitative estimate of drug-likeness (QED) is 0.395. The summed E-state index contributed by atoms with van der Waals surface area (Å²) in [6, 6.07) is 16.7. The van der Waals surface area contributed by atoms with Crippen molar-refractivity contribution in [3.8, 4) is 0 Å². The highest BCUT2D eigenvalue weighted by atomic mass is 35.5. The first-order valence-corrected chi connectivity index (χ1v) is 10.8. The zero-order chi connectivity index (χ0) is 21.7. The molecule has 0 aliphatic heterocycles. The summed E-state index contributed by atoms with van der Waals surface area (Å²) in [6.07, 6.45) is 2.01. The molecule has 0 aliphatic carbocycles. The van der Waals surface area contributed by atoms with Crippen LogP contribution in [-0.2, 0) is 13.1 Å². The van der Waals surface area contributed by atoms with Crippen molar-refractivity contribution in [1.82, 2.24) is 9.47 Å². The predicted octanol–water partition coefficient (Wildman–Crippen LogP) is 7.19. The first kappa shape index (κ1) is 22.5. The third kappa shape index (κ3) is 5.94. The smallest absolute Gasteiger partial charge is 0.322 e. The van der Waals surface area contributed by atoms with E-state index in [1.54, 1.807) is 23.1 Å². The number of aromatic nitrogens is 1. The van der Waals surface area contributed by atoms with Crippen LogP contribution in [0.15, 0.2) is 60.8 Å². The van der Waals surface area contributed by atoms with Crippen molar-refractivity contribution < 1.29 is 4.79 Å². The van der Waals surface area contributed by atoms with Crippen molar-refractivity contribution in [3.63, 3.8) is 0 Å². The molecule has 30 heavy (non-hydrogen) atoms. The average molecular weight is 465 g/mol. The molecule has 1 heterocycles. The molecule has 0 aliphatic rings. The minimum Gasteiger partial charge on any atom is -0.345 e. The van der Waals surface area contributed by atoms with Gasteiger partial charge in [-0.1, -0.05) is 66.8 Å². The molecule has 2 aromatic carbocycles. The van der Waals surface area contributed by atoms with Gasteiger partial charge in [0.2, 0.25) is 0 Å². The lowest BCUT2D eigenvalue weighted by atomic mass is 10.2. The lowest BCUT2D eigenvalue weighted by molar-refractivity contribution is 0.200. The Labute approximate surface area is 192 Å². The summed E-state index contributed by atoms with van der Waals surface area (Å²) in [5.41, 5.74) is 2.55. The van der Waals surface area contributed by atoms with Gasteiger partial charge in [0.25, 0.3) is 0 Å². The molecule has 0 spiro atoms. The minimum absolute atomic E-state index is 0.241. The predicted molar refractivity (Wildman–Crippen MR) is 126 cm³/mol. The molecule has 0 radical (unpaired) electrons. The van der Waals surface area contributed by atoms with E-state index < -0.39 is 0 Å². The van der Waals surface area contributed by atoms with E-state index >= 15 is 0 Å². The molecule has 2 amide bonds. The first-order chi connectivity index (χ1) is 14.3. The third-order valence-electron chi connectivity index (χ3n) is 4.59. The normalized spacial score (nSPS) is 11.0. The highest BCUT2D eigenvalue weighted by Crippen LogP contribution is 2.30. The number of carbonyl (C=O) groups is 1.